The smallest absolute Gasteiger partial charge is 0.286 e. The maximum absolute atomic E-state index is 12.7. The maximum atomic E-state index is 12.7. The Labute approximate surface area is 154 Å². The highest BCUT2D eigenvalue weighted by atomic mass is 32.2. The lowest BCUT2D eigenvalue weighted by atomic mass is 9.73. The van der Waals surface area contributed by atoms with E-state index in [9.17, 15) is 13.2 Å². The summed E-state index contributed by atoms with van der Waals surface area (Å²) in [5.74, 6) is 0.588. The molecule has 8 heteroatoms. The van der Waals surface area contributed by atoms with Gasteiger partial charge in [0.2, 0.25) is 10.0 Å². The summed E-state index contributed by atoms with van der Waals surface area (Å²) in [6.07, 6.45) is 3.40. The molecule has 1 aromatic rings. The van der Waals surface area contributed by atoms with Crippen LogP contribution < -0.4 is 5.32 Å². The first-order valence-corrected chi connectivity index (χ1v) is 10.9. The fourth-order valence-electron chi connectivity index (χ4n) is 4.86. The zero-order valence-corrected chi connectivity index (χ0v) is 16.0. The minimum absolute atomic E-state index is 0.0959. The molecule has 1 spiro atoms. The van der Waals surface area contributed by atoms with Gasteiger partial charge in [0.15, 0.2) is 5.76 Å². The number of hydrogen-bond acceptors (Lipinski definition) is 5. The normalized spacial score (nSPS) is 33.7. The highest BCUT2D eigenvalue weighted by Gasteiger charge is 2.64. The number of rotatable bonds is 6. The van der Waals surface area contributed by atoms with Crippen LogP contribution in [0.1, 0.15) is 37.2 Å². The number of sulfonamides is 1. The van der Waals surface area contributed by atoms with Crippen LogP contribution >= 0.6 is 0 Å². The maximum Gasteiger partial charge on any atom is 0.286 e. The van der Waals surface area contributed by atoms with Crippen molar-refractivity contribution in [2.45, 2.75) is 38.4 Å². The molecule has 0 aromatic carbocycles. The molecule has 144 valence electrons. The Morgan fingerprint density at radius 3 is 2.96 bits per heavy atom. The summed E-state index contributed by atoms with van der Waals surface area (Å²) >= 11 is 0. The van der Waals surface area contributed by atoms with Crippen LogP contribution in [0.5, 0.6) is 0 Å². The molecule has 4 rings (SSSR count). The van der Waals surface area contributed by atoms with Crippen LogP contribution in [0, 0.1) is 17.8 Å². The first-order valence-electron chi connectivity index (χ1n) is 9.28. The van der Waals surface area contributed by atoms with Gasteiger partial charge in [0.1, 0.15) is 0 Å². The number of furan rings is 1. The Balaban J connectivity index is 1.45. The van der Waals surface area contributed by atoms with Crippen molar-refractivity contribution in [3.05, 3.63) is 24.2 Å². The van der Waals surface area contributed by atoms with Crippen molar-refractivity contribution in [2.24, 2.45) is 17.8 Å². The molecule has 3 aliphatic heterocycles. The van der Waals surface area contributed by atoms with E-state index in [1.807, 2.05) is 13.8 Å². The summed E-state index contributed by atoms with van der Waals surface area (Å²) in [7, 11) is -3.27. The average Bonchev–Trinajstić information content (AvgIpc) is 3.30. The van der Waals surface area contributed by atoms with Gasteiger partial charge in [-0.05, 0) is 30.9 Å². The summed E-state index contributed by atoms with van der Waals surface area (Å²) in [4.78, 5) is 12.2. The Hall–Kier alpha value is -1.38. The molecule has 3 aliphatic rings. The predicted octanol–water partition coefficient (Wildman–Crippen LogP) is 1.47. The summed E-state index contributed by atoms with van der Waals surface area (Å²) < 4.78 is 38.3. The minimum atomic E-state index is -3.27. The number of carbonyl (C=O) groups excluding carboxylic acids is 1. The third-order valence-electron chi connectivity index (χ3n) is 5.93. The number of hydrogen-bond donors (Lipinski definition) is 1. The molecular formula is C18H26N2O5S. The lowest BCUT2D eigenvalue weighted by Gasteiger charge is -2.29. The molecule has 1 aromatic heterocycles. The first-order chi connectivity index (χ1) is 12.3. The van der Waals surface area contributed by atoms with Gasteiger partial charge in [0.05, 0.1) is 23.7 Å². The van der Waals surface area contributed by atoms with Gasteiger partial charge in [0.25, 0.3) is 5.91 Å². The van der Waals surface area contributed by atoms with Crippen molar-refractivity contribution in [1.29, 1.82) is 0 Å². The van der Waals surface area contributed by atoms with Crippen LogP contribution in [0.2, 0.25) is 0 Å². The van der Waals surface area contributed by atoms with Crippen LogP contribution in [0.15, 0.2) is 22.8 Å². The molecule has 3 fully saturated rings. The second kappa shape index (κ2) is 6.35. The molecule has 2 bridgehead atoms. The van der Waals surface area contributed by atoms with Crippen molar-refractivity contribution in [1.82, 2.24) is 9.62 Å². The zero-order chi connectivity index (χ0) is 18.5. The summed E-state index contributed by atoms with van der Waals surface area (Å²) in [5, 5.41) is 2.93. The van der Waals surface area contributed by atoms with Crippen LogP contribution in [0.3, 0.4) is 0 Å². The molecule has 0 aliphatic carbocycles. The molecule has 0 saturated carbocycles. The van der Waals surface area contributed by atoms with Crippen molar-refractivity contribution >= 4 is 15.9 Å². The van der Waals surface area contributed by atoms with Gasteiger partial charge in [-0.15, -0.1) is 0 Å². The highest BCUT2D eigenvalue weighted by molar-refractivity contribution is 7.89. The molecule has 1 amide bonds. The first kappa shape index (κ1) is 18.0. The molecule has 4 heterocycles. The van der Waals surface area contributed by atoms with Crippen molar-refractivity contribution in [3.63, 3.8) is 0 Å². The molecule has 26 heavy (non-hydrogen) atoms. The average molecular weight is 382 g/mol. The van der Waals surface area contributed by atoms with E-state index in [1.54, 1.807) is 16.4 Å². The van der Waals surface area contributed by atoms with Crippen molar-refractivity contribution in [2.75, 3.05) is 25.4 Å². The second-order valence-corrected chi connectivity index (χ2v) is 10.2. The van der Waals surface area contributed by atoms with E-state index in [2.05, 4.69) is 5.32 Å². The lowest BCUT2D eigenvalue weighted by molar-refractivity contribution is 0.00795. The highest BCUT2D eigenvalue weighted by Crippen LogP contribution is 2.55. The molecule has 7 nitrogen and oxygen atoms in total. The molecule has 4 atom stereocenters. The minimum Gasteiger partial charge on any atom is -0.459 e. The fourth-order valence-corrected chi connectivity index (χ4v) is 6.72. The molecular weight excluding hydrogens is 356 g/mol. The number of carbonyl (C=O) groups is 1. The van der Waals surface area contributed by atoms with Gasteiger partial charge in [-0.2, -0.15) is 4.31 Å². The lowest BCUT2D eigenvalue weighted by Crippen LogP contribution is -2.41. The third kappa shape index (κ3) is 2.97. The largest absolute Gasteiger partial charge is 0.459 e. The molecule has 0 radical (unpaired) electrons. The third-order valence-corrected chi connectivity index (χ3v) is 8.09. The van der Waals surface area contributed by atoms with Gasteiger partial charge < -0.3 is 14.5 Å². The Bertz CT molecular complexity index is 776. The van der Waals surface area contributed by atoms with E-state index < -0.39 is 10.0 Å². The van der Waals surface area contributed by atoms with Crippen LogP contribution in [-0.4, -0.2) is 55.7 Å². The van der Waals surface area contributed by atoms with Crippen molar-refractivity contribution in [3.8, 4) is 0 Å². The molecule has 3 saturated heterocycles. The van der Waals surface area contributed by atoms with E-state index >= 15 is 0 Å². The summed E-state index contributed by atoms with van der Waals surface area (Å²) in [6, 6.07) is 3.31. The van der Waals surface area contributed by atoms with E-state index in [4.69, 9.17) is 9.15 Å². The SMILES string of the molecule is CC(C)CS(=O)(=O)N1C[C@@H]2[C@H](CNC(=O)c3ccco3)[C@H]3CC[C@]2(C1)O3. The van der Waals surface area contributed by atoms with E-state index in [0.29, 0.717) is 19.6 Å². The predicted molar refractivity (Wildman–Crippen MR) is 95.1 cm³/mol. The van der Waals surface area contributed by atoms with E-state index in [0.717, 1.165) is 12.8 Å². The number of ether oxygens (including phenoxy) is 1. The zero-order valence-electron chi connectivity index (χ0n) is 15.2. The summed E-state index contributed by atoms with van der Waals surface area (Å²) in [6.45, 7) is 5.26. The van der Waals surface area contributed by atoms with Crippen LogP contribution in [0.4, 0.5) is 0 Å². The Morgan fingerprint density at radius 1 is 1.46 bits per heavy atom. The van der Waals surface area contributed by atoms with Crippen molar-refractivity contribution < 1.29 is 22.4 Å². The summed E-state index contributed by atoms with van der Waals surface area (Å²) in [5.41, 5.74) is -0.366. The number of nitrogens with zero attached hydrogens (tertiary/aromatic N) is 1. The van der Waals surface area contributed by atoms with Crippen LogP contribution in [0.25, 0.3) is 0 Å². The van der Waals surface area contributed by atoms with Gasteiger partial charge in [-0.3, -0.25) is 4.79 Å². The van der Waals surface area contributed by atoms with E-state index in [-0.39, 0.29) is 46.9 Å². The van der Waals surface area contributed by atoms with Gasteiger partial charge in [-0.25, -0.2) is 8.42 Å². The number of nitrogens with one attached hydrogen (secondary N) is 1. The van der Waals surface area contributed by atoms with Gasteiger partial charge in [-0.1, -0.05) is 13.8 Å². The van der Waals surface area contributed by atoms with E-state index in [1.165, 1.54) is 6.26 Å². The van der Waals surface area contributed by atoms with Gasteiger partial charge in [0, 0.05) is 31.5 Å². The molecule has 0 unspecified atom stereocenters. The fraction of sp³-hybridized carbons (Fsp3) is 0.722. The standard InChI is InChI=1S/C18H26N2O5S/c1-12(2)10-26(22,23)20-9-14-13(15-5-6-18(14,11-20)25-15)8-19-17(21)16-4-3-7-24-16/h3-4,7,12-15H,5-6,8-11H2,1-2H3,(H,19,21)/t13-,14+,15+,18+/m0/s1. The van der Waals surface area contributed by atoms with Gasteiger partial charge >= 0.3 is 0 Å². The quantitative estimate of drug-likeness (QED) is 0.805. The monoisotopic (exact) mass is 382 g/mol. The second-order valence-electron chi connectivity index (χ2n) is 8.18. The number of amides is 1. The van der Waals surface area contributed by atoms with Crippen LogP contribution in [-0.2, 0) is 14.8 Å². The Kier molecular flexibility index (Phi) is 4.40. The number of fused-ring (bicyclic) bond motifs is 1. The topological polar surface area (TPSA) is 88.9 Å². The Morgan fingerprint density at radius 2 is 2.27 bits per heavy atom. The molecule has 1 N–H and O–H groups in total.